The Balaban J connectivity index is 1.29. The van der Waals surface area contributed by atoms with E-state index in [9.17, 15) is 34.8 Å². The number of aromatic hydroxyl groups is 2. The standard InChI is InChI=1S/C32H36N2O11/c1-13-15-8-19-31(42-2)43-7-6-34(19)18(15)9-22(44-13)45-20-11-32(41,21(36)12-35)10-16-24(20)30(40)26-25(28(16)38)27(37)14-4-3-5-17(33)23(14)29(26)39/h3-5,13,15,18-20,22,31,35,38,40-41H,6-12,33H2,1-2H3/t13-,15+,18-,19+,20-,22-,31-,32-/m0/s1. The Hall–Kier alpha value is -3.43. The maximum Gasteiger partial charge on any atom is 0.200 e. The SMILES string of the molecule is CO[C@H]1OCCN2[C@@H]1C[C@@H]1[C@H](C)O[C@@H](O[C@H]3C[C@](O)(C(=O)CO)Cc4c(O)c5c(c(O)c43)C(=O)c3c(N)cccc3C5=O)C[C@@H]12. The highest BCUT2D eigenvalue weighted by molar-refractivity contribution is 6.32. The number of phenolic OH excluding ortho intramolecular Hbond substituents is 2. The average molecular weight is 625 g/mol. The summed E-state index contributed by atoms with van der Waals surface area (Å²) in [6.45, 7) is 2.16. The third-order valence-electron chi connectivity index (χ3n) is 10.3. The van der Waals surface area contributed by atoms with Crippen LogP contribution in [-0.2, 0) is 30.2 Å². The van der Waals surface area contributed by atoms with Crippen LogP contribution in [0.3, 0.4) is 0 Å². The van der Waals surface area contributed by atoms with Crippen LogP contribution in [0.4, 0.5) is 5.69 Å². The van der Waals surface area contributed by atoms with Gasteiger partial charge < -0.3 is 45.1 Å². The van der Waals surface area contributed by atoms with Gasteiger partial charge in [0, 0.05) is 67.3 Å². The van der Waals surface area contributed by atoms with E-state index < -0.39 is 77.4 Å². The second-order valence-electron chi connectivity index (χ2n) is 12.6. The Bertz CT molecular complexity index is 1610. The maximum atomic E-state index is 13.7. The molecular weight excluding hydrogens is 588 g/mol. The smallest absolute Gasteiger partial charge is 0.200 e. The highest BCUT2D eigenvalue weighted by Gasteiger charge is 2.54. The highest BCUT2D eigenvalue weighted by Crippen LogP contribution is 2.53. The second kappa shape index (κ2) is 10.8. The van der Waals surface area contributed by atoms with Gasteiger partial charge in [-0.25, -0.2) is 0 Å². The molecule has 0 spiro atoms. The first kappa shape index (κ1) is 30.2. The van der Waals surface area contributed by atoms with Crippen LogP contribution >= 0.6 is 0 Å². The first-order valence-corrected chi connectivity index (χ1v) is 15.1. The molecule has 45 heavy (non-hydrogen) atoms. The van der Waals surface area contributed by atoms with Crippen molar-refractivity contribution in [1.82, 2.24) is 4.90 Å². The number of benzene rings is 2. The van der Waals surface area contributed by atoms with Crippen molar-refractivity contribution in [2.45, 2.75) is 75.1 Å². The first-order valence-electron chi connectivity index (χ1n) is 15.1. The van der Waals surface area contributed by atoms with Gasteiger partial charge in [0.1, 0.15) is 23.7 Å². The number of carbonyl (C=O) groups is 3. The zero-order valence-electron chi connectivity index (χ0n) is 24.9. The minimum Gasteiger partial charge on any atom is -0.507 e. The van der Waals surface area contributed by atoms with Gasteiger partial charge in [0.15, 0.2) is 29.9 Å². The van der Waals surface area contributed by atoms with E-state index in [1.165, 1.54) is 18.2 Å². The number of aliphatic hydroxyl groups is 2. The number of hydrogen-bond acceptors (Lipinski definition) is 13. The summed E-state index contributed by atoms with van der Waals surface area (Å²) in [5.41, 5.74) is 2.73. The average Bonchev–Trinajstić information content (AvgIpc) is 3.40. The fraction of sp³-hybridized carbons (Fsp3) is 0.531. The number of methoxy groups -OCH3 is 1. The fourth-order valence-corrected chi connectivity index (χ4v) is 8.23. The molecule has 3 saturated heterocycles. The Kier molecular flexibility index (Phi) is 7.28. The number of phenols is 2. The van der Waals surface area contributed by atoms with Crippen molar-refractivity contribution in [2.75, 3.05) is 32.6 Å². The number of ether oxygens (including phenoxy) is 4. The first-order chi connectivity index (χ1) is 21.5. The molecule has 7 rings (SSSR count). The quantitative estimate of drug-likeness (QED) is 0.199. The van der Waals surface area contributed by atoms with Crippen molar-refractivity contribution in [2.24, 2.45) is 5.92 Å². The molecule has 0 aromatic heterocycles. The van der Waals surface area contributed by atoms with E-state index in [-0.39, 0.29) is 58.3 Å². The molecule has 6 N–H and O–H groups in total. The predicted octanol–water partition coefficient (Wildman–Crippen LogP) is 0.949. The number of morpholine rings is 1. The molecule has 0 unspecified atom stereocenters. The van der Waals surface area contributed by atoms with Crippen molar-refractivity contribution in [1.29, 1.82) is 0 Å². The summed E-state index contributed by atoms with van der Waals surface area (Å²) in [5.74, 6) is -3.51. The third kappa shape index (κ3) is 4.44. The Morgan fingerprint density at radius 2 is 1.87 bits per heavy atom. The van der Waals surface area contributed by atoms with Gasteiger partial charge in [-0.2, -0.15) is 0 Å². The number of nitrogens with two attached hydrogens (primary N) is 1. The van der Waals surface area contributed by atoms with E-state index in [0.717, 1.165) is 6.42 Å². The summed E-state index contributed by atoms with van der Waals surface area (Å²) < 4.78 is 24.1. The summed E-state index contributed by atoms with van der Waals surface area (Å²) >= 11 is 0. The summed E-state index contributed by atoms with van der Waals surface area (Å²) in [6, 6.07) is 4.45. The number of hydrogen-bond donors (Lipinski definition) is 5. The lowest BCUT2D eigenvalue weighted by Gasteiger charge is -2.44. The topological polar surface area (TPSA) is 198 Å². The lowest BCUT2D eigenvalue weighted by molar-refractivity contribution is -0.245. The van der Waals surface area contributed by atoms with Crippen LogP contribution in [0.15, 0.2) is 18.2 Å². The lowest BCUT2D eigenvalue weighted by atomic mass is 9.72. The van der Waals surface area contributed by atoms with Gasteiger partial charge in [-0.3, -0.25) is 19.3 Å². The van der Waals surface area contributed by atoms with Gasteiger partial charge in [0.2, 0.25) is 0 Å². The summed E-state index contributed by atoms with van der Waals surface area (Å²) in [6.07, 6.45) is -2.45. The number of Topliss-reactive ketones (excluding diaryl/α,β-unsaturated/α-hetero) is 1. The van der Waals surface area contributed by atoms with Gasteiger partial charge in [-0.15, -0.1) is 0 Å². The molecule has 2 aromatic rings. The molecule has 0 saturated carbocycles. The van der Waals surface area contributed by atoms with Crippen LogP contribution < -0.4 is 5.73 Å². The molecule has 8 atom stereocenters. The molecule has 240 valence electrons. The van der Waals surface area contributed by atoms with Crippen LogP contribution in [0.2, 0.25) is 0 Å². The molecule has 3 heterocycles. The summed E-state index contributed by atoms with van der Waals surface area (Å²) in [7, 11) is 1.61. The molecule has 13 heteroatoms. The van der Waals surface area contributed by atoms with E-state index in [1.54, 1.807) is 7.11 Å². The molecule has 0 bridgehead atoms. The predicted molar refractivity (Wildman–Crippen MR) is 155 cm³/mol. The molecule has 3 fully saturated rings. The van der Waals surface area contributed by atoms with Crippen LogP contribution in [0.1, 0.15) is 75.3 Å². The number of nitrogen functional groups attached to an aromatic ring is 1. The molecule has 3 aliphatic heterocycles. The molecule has 2 aliphatic carbocycles. The van der Waals surface area contributed by atoms with Crippen molar-refractivity contribution >= 4 is 23.0 Å². The molecule has 0 radical (unpaired) electrons. The normalized spacial score (nSPS) is 34.0. The van der Waals surface area contributed by atoms with Crippen molar-refractivity contribution in [3.8, 4) is 11.5 Å². The van der Waals surface area contributed by atoms with Gasteiger partial charge >= 0.3 is 0 Å². The zero-order chi connectivity index (χ0) is 31.9. The monoisotopic (exact) mass is 624 g/mol. The molecule has 2 aromatic carbocycles. The third-order valence-corrected chi connectivity index (χ3v) is 10.3. The van der Waals surface area contributed by atoms with Crippen LogP contribution in [0.25, 0.3) is 0 Å². The second-order valence-corrected chi connectivity index (χ2v) is 12.6. The minimum absolute atomic E-state index is 0.0331. The van der Waals surface area contributed by atoms with Crippen molar-refractivity contribution in [3.63, 3.8) is 0 Å². The van der Waals surface area contributed by atoms with E-state index in [2.05, 4.69) is 4.90 Å². The largest absolute Gasteiger partial charge is 0.507 e. The van der Waals surface area contributed by atoms with E-state index >= 15 is 0 Å². The number of fused-ring (bicyclic) bond motifs is 6. The molecule has 0 amide bonds. The number of anilines is 1. The van der Waals surface area contributed by atoms with Crippen molar-refractivity contribution in [3.05, 3.63) is 51.6 Å². The summed E-state index contributed by atoms with van der Waals surface area (Å²) in [4.78, 5) is 42.5. The number of rotatable bonds is 5. The van der Waals surface area contributed by atoms with Crippen LogP contribution in [-0.4, -0.2) is 106 Å². The van der Waals surface area contributed by atoms with Crippen molar-refractivity contribution < 1.29 is 53.8 Å². The van der Waals surface area contributed by atoms with E-state index in [4.69, 9.17) is 24.7 Å². The number of aliphatic hydroxyl groups excluding tert-OH is 1. The number of nitrogens with zero attached hydrogens (tertiary/aromatic N) is 1. The van der Waals surface area contributed by atoms with E-state index in [0.29, 0.717) is 19.6 Å². The molecule has 5 aliphatic rings. The molecular formula is C32H36N2O11. The Morgan fingerprint density at radius 1 is 1.11 bits per heavy atom. The van der Waals surface area contributed by atoms with Gasteiger partial charge in [0.25, 0.3) is 0 Å². The maximum absolute atomic E-state index is 13.7. The Morgan fingerprint density at radius 3 is 2.60 bits per heavy atom. The van der Waals surface area contributed by atoms with Crippen LogP contribution in [0, 0.1) is 5.92 Å². The minimum atomic E-state index is -2.20. The fourth-order valence-electron chi connectivity index (χ4n) is 8.23. The van der Waals surface area contributed by atoms with Crippen LogP contribution in [0.5, 0.6) is 11.5 Å². The molecule has 13 nitrogen and oxygen atoms in total. The lowest BCUT2D eigenvalue weighted by Crippen LogP contribution is -2.54. The number of carbonyl (C=O) groups excluding carboxylic acids is 3. The van der Waals surface area contributed by atoms with E-state index in [1.807, 2.05) is 6.92 Å². The zero-order valence-corrected chi connectivity index (χ0v) is 24.9. The van der Waals surface area contributed by atoms with Gasteiger partial charge in [-0.1, -0.05) is 12.1 Å². The van der Waals surface area contributed by atoms with Gasteiger partial charge in [0.05, 0.1) is 41.5 Å². The number of ketones is 3. The highest BCUT2D eigenvalue weighted by atomic mass is 16.7. The summed E-state index contributed by atoms with van der Waals surface area (Å²) in [5, 5.41) is 44.4. The van der Waals surface area contributed by atoms with Gasteiger partial charge in [-0.05, 0) is 19.4 Å². The Labute approximate surface area is 258 Å².